The number of aromatic carboxylic acids is 1. The van der Waals surface area contributed by atoms with Crippen LogP contribution in [0.4, 0.5) is 8.78 Å². The minimum atomic E-state index is -1.52. The molecule has 1 fully saturated rings. The van der Waals surface area contributed by atoms with Crippen LogP contribution in [0.15, 0.2) is 12.1 Å². The first-order valence-electron chi connectivity index (χ1n) is 6.36. The Bertz CT molecular complexity index is 615. The second-order valence-corrected chi connectivity index (χ2v) is 5.72. The third-order valence-corrected chi connectivity index (χ3v) is 4.06. The summed E-state index contributed by atoms with van der Waals surface area (Å²) in [5, 5.41) is 21.1. The fourth-order valence-electron chi connectivity index (χ4n) is 2.30. The van der Waals surface area contributed by atoms with E-state index in [0.717, 1.165) is 0 Å². The summed E-state index contributed by atoms with van der Waals surface area (Å²) < 4.78 is 26.3. The van der Waals surface area contributed by atoms with Crippen molar-refractivity contribution in [3.63, 3.8) is 0 Å². The monoisotopic (exact) mass is 299 g/mol. The molecule has 1 aliphatic carbocycles. The van der Waals surface area contributed by atoms with Crippen LogP contribution in [0.25, 0.3) is 0 Å². The molecule has 1 saturated carbocycles. The topological polar surface area (TPSA) is 86.6 Å². The lowest BCUT2D eigenvalue weighted by atomic mass is 9.64. The Morgan fingerprint density at radius 2 is 1.76 bits per heavy atom. The number of carboxylic acid groups (broad SMARTS) is 1. The van der Waals surface area contributed by atoms with Crippen molar-refractivity contribution in [1.82, 2.24) is 5.32 Å². The first-order valence-corrected chi connectivity index (χ1v) is 6.36. The molecule has 0 bridgehead atoms. The van der Waals surface area contributed by atoms with Gasteiger partial charge in [-0.1, -0.05) is 13.8 Å². The lowest BCUT2D eigenvalue weighted by Crippen LogP contribution is -2.61. The molecular formula is C14H15F2NO4. The van der Waals surface area contributed by atoms with Crippen molar-refractivity contribution < 1.29 is 28.6 Å². The van der Waals surface area contributed by atoms with Crippen molar-refractivity contribution in [2.75, 3.05) is 0 Å². The first-order chi connectivity index (χ1) is 9.64. The molecule has 3 N–H and O–H groups in total. The zero-order valence-corrected chi connectivity index (χ0v) is 11.5. The van der Waals surface area contributed by atoms with Gasteiger partial charge in [-0.2, -0.15) is 0 Å². The minimum Gasteiger partial charge on any atom is -0.478 e. The molecule has 0 heterocycles. The van der Waals surface area contributed by atoms with Crippen molar-refractivity contribution >= 4 is 11.9 Å². The standard InChI is InChI=1S/C14H15F2NO4/c1-14(2)10(5-11(14)18)17-12(19)6-3-8(15)9(16)4-7(6)13(20)21/h3-4,10-11,18H,5H2,1-2H3,(H,17,19)(H,20,21). The molecular weight excluding hydrogens is 284 g/mol. The van der Waals surface area contributed by atoms with Crippen LogP contribution in [0.5, 0.6) is 0 Å². The molecule has 0 aliphatic heterocycles. The number of hydrogen-bond acceptors (Lipinski definition) is 3. The summed E-state index contributed by atoms with van der Waals surface area (Å²) in [6, 6.07) is 0.679. The van der Waals surface area contributed by atoms with Gasteiger partial charge in [-0.25, -0.2) is 13.6 Å². The second kappa shape index (κ2) is 5.07. The molecule has 2 unspecified atom stereocenters. The van der Waals surface area contributed by atoms with Gasteiger partial charge in [0.25, 0.3) is 5.91 Å². The first kappa shape index (κ1) is 15.4. The Morgan fingerprint density at radius 1 is 1.24 bits per heavy atom. The molecule has 2 rings (SSSR count). The fraction of sp³-hybridized carbons (Fsp3) is 0.429. The maximum Gasteiger partial charge on any atom is 0.336 e. The Hall–Kier alpha value is -2.02. The summed E-state index contributed by atoms with van der Waals surface area (Å²) in [7, 11) is 0. The van der Waals surface area contributed by atoms with Crippen LogP contribution >= 0.6 is 0 Å². The van der Waals surface area contributed by atoms with Gasteiger partial charge in [-0.05, 0) is 18.6 Å². The largest absolute Gasteiger partial charge is 0.478 e. The average molecular weight is 299 g/mol. The van der Waals surface area contributed by atoms with Gasteiger partial charge in [0.05, 0.1) is 17.2 Å². The molecule has 5 nitrogen and oxygen atoms in total. The highest BCUT2D eigenvalue weighted by molar-refractivity contribution is 6.05. The third kappa shape index (κ3) is 2.61. The molecule has 0 saturated heterocycles. The highest BCUT2D eigenvalue weighted by Gasteiger charge is 2.48. The predicted molar refractivity (Wildman–Crippen MR) is 69.0 cm³/mol. The molecule has 2 atom stereocenters. The Labute approximate surface area is 119 Å². The van der Waals surface area contributed by atoms with Crippen molar-refractivity contribution in [2.24, 2.45) is 5.41 Å². The van der Waals surface area contributed by atoms with Gasteiger partial charge in [-0.15, -0.1) is 0 Å². The summed E-state index contributed by atoms with van der Waals surface area (Å²) in [5.74, 6) is -4.95. The van der Waals surface area contributed by atoms with Gasteiger partial charge < -0.3 is 15.5 Å². The molecule has 114 valence electrons. The summed E-state index contributed by atoms with van der Waals surface area (Å²) >= 11 is 0. The van der Waals surface area contributed by atoms with Gasteiger partial charge >= 0.3 is 5.97 Å². The number of rotatable bonds is 3. The quantitative estimate of drug-likeness (QED) is 0.790. The minimum absolute atomic E-state index is 0.324. The highest BCUT2D eigenvalue weighted by Crippen LogP contribution is 2.40. The maximum atomic E-state index is 13.2. The Morgan fingerprint density at radius 3 is 2.19 bits per heavy atom. The lowest BCUT2D eigenvalue weighted by molar-refractivity contribution is -0.0689. The summed E-state index contributed by atoms with van der Waals surface area (Å²) in [5.41, 5.74) is -1.61. The van der Waals surface area contributed by atoms with E-state index < -0.39 is 46.2 Å². The number of carbonyl (C=O) groups excluding carboxylic acids is 1. The number of carbonyl (C=O) groups is 2. The molecule has 1 aromatic rings. The number of halogens is 2. The van der Waals surface area contributed by atoms with E-state index in [9.17, 15) is 23.5 Å². The summed E-state index contributed by atoms with van der Waals surface area (Å²) in [4.78, 5) is 23.1. The molecule has 1 aromatic carbocycles. The smallest absolute Gasteiger partial charge is 0.336 e. The maximum absolute atomic E-state index is 13.2. The normalized spacial score (nSPS) is 23.3. The summed E-state index contributed by atoms with van der Waals surface area (Å²) in [6.45, 7) is 3.49. The number of carboxylic acids is 1. The van der Waals surface area contributed by atoms with Crippen LogP contribution in [-0.4, -0.2) is 34.2 Å². The summed E-state index contributed by atoms with van der Waals surface area (Å²) in [6.07, 6.45) is -0.253. The zero-order chi connectivity index (χ0) is 15.9. The third-order valence-electron chi connectivity index (χ3n) is 4.06. The van der Waals surface area contributed by atoms with Crippen LogP contribution < -0.4 is 5.32 Å². The van der Waals surface area contributed by atoms with E-state index in [0.29, 0.717) is 18.6 Å². The molecule has 1 aliphatic rings. The fourth-order valence-corrected chi connectivity index (χ4v) is 2.30. The number of nitrogens with one attached hydrogen (secondary N) is 1. The van der Waals surface area contributed by atoms with Gasteiger partial charge in [0.1, 0.15) is 0 Å². The number of amides is 1. The Balaban J connectivity index is 2.28. The van der Waals surface area contributed by atoms with E-state index in [1.807, 2.05) is 0 Å². The molecule has 7 heteroatoms. The number of benzene rings is 1. The van der Waals surface area contributed by atoms with Crippen LogP contribution in [-0.2, 0) is 0 Å². The van der Waals surface area contributed by atoms with Gasteiger partial charge in [0, 0.05) is 11.5 Å². The van der Waals surface area contributed by atoms with Gasteiger partial charge in [0.2, 0.25) is 0 Å². The number of aliphatic hydroxyl groups excluding tert-OH is 1. The van der Waals surface area contributed by atoms with Crippen molar-refractivity contribution in [3.05, 3.63) is 34.9 Å². The number of hydrogen-bond donors (Lipinski definition) is 3. The van der Waals surface area contributed by atoms with E-state index in [4.69, 9.17) is 5.11 Å². The molecule has 0 radical (unpaired) electrons. The zero-order valence-electron chi connectivity index (χ0n) is 11.5. The van der Waals surface area contributed by atoms with E-state index in [1.54, 1.807) is 13.8 Å². The molecule has 1 amide bonds. The van der Waals surface area contributed by atoms with Crippen LogP contribution in [0.1, 0.15) is 41.0 Å². The SMILES string of the molecule is CC1(C)C(O)CC1NC(=O)c1cc(F)c(F)cc1C(=O)O. The second-order valence-electron chi connectivity index (χ2n) is 5.72. The lowest BCUT2D eigenvalue weighted by Gasteiger charge is -2.49. The van der Waals surface area contributed by atoms with E-state index in [-0.39, 0.29) is 6.04 Å². The van der Waals surface area contributed by atoms with E-state index >= 15 is 0 Å². The van der Waals surface area contributed by atoms with Crippen molar-refractivity contribution in [2.45, 2.75) is 32.4 Å². The average Bonchev–Trinajstić information content (AvgIpc) is 2.40. The van der Waals surface area contributed by atoms with Crippen molar-refractivity contribution in [3.8, 4) is 0 Å². The molecule has 0 aromatic heterocycles. The van der Waals surface area contributed by atoms with Crippen LogP contribution in [0.2, 0.25) is 0 Å². The Kier molecular flexibility index (Phi) is 3.71. The predicted octanol–water partition coefficient (Wildman–Crippen LogP) is 1.55. The van der Waals surface area contributed by atoms with Gasteiger partial charge in [-0.3, -0.25) is 4.79 Å². The van der Waals surface area contributed by atoms with Gasteiger partial charge in [0.15, 0.2) is 11.6 Å². The van der Waals surface area contributed by atoms with E-state index in [2.05, 4.69) is 5.32 Å². The van der Waals surface area contributed by atoms with E-state index in [1.165, 1.54) is 0 Å². The molecule has 21 heavy (non-hydrogen) atoms. The number of aliphatic hydroxyl groups is 1. The van der Waals surface area contributed by atoms with Crippen molar-refractivity contribution in [1.29, 1.82) is 0 Å². The molecule has 0 spiro atoms. The van der Waals surface area contributed by atoms with Crippen LogP contribution in [0.3, 0.4) is 0 Å². The van der Waals surface area contributed by atoms with Crippen LogP contribution in [0, 0.1) is 17.0 Å². The highest BCUT2D eigenvalue weighted by atomic mass is 19.2.